The summed E-state index contributed by atoms with van der Waals surface area (Å²) in [5.74, 6) is -0.205. The number of allylic oxidation sites excluding steroid dienone is 1. The van der Waals surface area contributed by atoms with Gasteiger partial charge in [-0.25, -0.2) is 0 Å². The van der Waals surface area contributed by atoms with Crippen molar-refractivity contribution in [2.45, 2.75) is 33.1 Å². The molecule has 2 heteroatoms. The van der Waals surface area contributed by atoms with Crippen LogP contribution in [0.2, 0.25) is 0 Å². The van der Waals surface area contributed by atoms with Gasteiger partial charge in [-0.2, -0.15) is 0 Å². The zero-order valence-corrected chi connectivity index (χ0v) is 13.6. The van der Waals surface area contributed by atoms with Gasteiger partial charge in [0.1, 0.15) is 5.76 Å². The van der Waals surface area contributed by atoms with E-state index in [1.54, 1.807) is 12.1 Å². The van der Waals surface area contributed by atoms with Crippen molar-refractivity contribution in [3.05, 3.63) is 76.9 Å². The van der Waals surface area contributed by atoms with Gasteiger partial charge in [-0.1, -0.05) is 74.9 Å². The third-order valence-electron chi connectivity index (χ3n) is 3.65. The number of aliphatic hydroxyl groups excluding tert-OH is 1. The maximum atomic E-state index is 12.1. The summed E-state index contributed by atoms with van der Waals surface area (Å²) in [6, 6.07) is 15.0. The molecule has 0 heterocycles. The van der Waals surface area contributed by atoms with Crippen LogP contribution < -0.4 is 0 Å². The summed E-state index contributed by atoms with van der Waals surface area (Å²) in [4.78, 5) is 12.1. The fraction of sp³-hybridized carbons (Fsp3) is 0.250. The Hall–Kier alpha value is -2.35. The first-order valence-corrected chi connectivity index (χ1v) is 7.40. The number of aryl methyl sites for hydroxylation is 1. The molecule has 0 atom stereocenters. The molecule has 0 aliphatic heterocycles. The lowest BCUT2D eigenvalue weighted by Crippen LogP contribution is -2.10. The molecule has 2 aromatic carbocycles. The number of carbonyl (C=O) groups excluding carboxylic acids is 1. The van der Waals surface area contributed by atoms with Crippen LogP contribution in [0.4, 0.5) is 0 Å². The van der Waals surface area contributed by atoms with Crippen LogP contribution in [0.25, 0.3) is 5.76 Å². The van der Waals surface area contributed by atoms with E-state index in [-0.39, 0.29) is 17.0 Å². The first kappa shape index (κ1) is 16.0. The van der Waals surface area contributed by atoms with Crippen molar-refractivity contribution in [1.29, 1.82) is 0 Å². The van der Waals surface area contributed by atoms with Gasteiger partial charge in [0.05, 0.1) is 0 Å². The number of carbonyl (C=O) groups is 1. The smallest absolute Gasteiger partial charge is 0.189 e. The van der Waals surface area contributed by atoms with Gasteiger partial charge in [-0.3, -0.25) is 4.79 Å². The largest absolute Gasteiger partial charge is 0.507 e. The van der Waals surface area contributed by atoms with Crippen LogP contribution in [-0.4, -0.2) is 10.9 Å². The summed E-state index contributed by atoms with van der Waals surface area (Å²) in [5, 5.41) is 10.1. The molecule has 0 aromatic heterocycles. The van der Waals surface area contributed by atoms with Crippen molar-refractivity contribution in [1.82, 2.24) is 0 Å². The molecule has 2 aromatic rings. The predicted molar refractivity (Wildman–Crippen MR) is 91.3 cm³/mol. The SMILES string of the molecule is Cc1ccc(C(=O)/C=C(\O)c2ccc(C(C)(C)C)cc2)cc1. The van der Waals surface area contributed by atoms with Gasteiger partial charge in [0.25, 0.3) is 0 Å². The van der Waals surface area contributed by atoms with Crippen molar-refractivity contribution >= 4 is 11.5 Å². The van der Waals surface area contributed by atoms with Gasteiger partial charge in [-0.15, -0.1) is 0 Å². The minimum absolute atomic E-state index is 0.00830. The van der Waals surface area contributed by atoms with E-state index in [4.69, 9.17) is 0 Å². The number of aliphatic hydroxyl groups is 1. The fourth-order valence-electron chi connectivity index (χ4n) is 2.15. The highest BCUT2D eigenvalue weighted by Crippen LogP contribution is 2.23. The third kappa shape index (κ3) is 3.85. The van der Waals surface area contributed by atoms with Crippen LogP contribution in [-0.2, 0) is 5.41 Å². The number of benzene rings is 2. The minimum Gasteiger partial charge on any atom is -0.507 e. The average Bonchev–Trinajstić information content (AvgIpc) is 2.47. The highest BCUT2D eigenvalue weighted by atomic mass is 16.3. The lowest BCUT2D eigenvalue weighted by atomic mass is 9.86. The molecule has 2 nitrogen and oxygen atoms in total. The molecule has 0 amide bonds. The average molecular weight is 294 g/mol. The standard InChI is InChI=1S/C20H22O2/c1-14-5-7-15(8-6-14)18(21)13-19(22)16-9-11-17(12-10-16)20(2,3)4/h5-13,22H,1-4H3/b19-13-. The summed E-state index contributed by atoms with van der Waals surface area (Å²) < 4.78 is 0. The van der Waals surface area contributed by atoms with E-state index < -0.39 is 0 Å². The molecule has 0 unspecified atom stereocenters. The summed E-state index contributed by atoms with van der Waals surface area (Å²) in [5.41, 5.74) is 3.57. The molecule has 0 bridgehead atoms. The predicted octanol–water partition coefficient (Wildman–Crippen LogP) is 5.07. The molecule has 0 fully saturated rings. The first-order valence-electron chi connectivity index (χ1n) is 7.40. The second kappa shape index (κ2) is 6.18. The quantitative estimate of drug-likeness (QED) is 0.487. The Morgan fingerprint density at radius 1 is 0.909 bits per heavy atom. The van der Waals surface area contributed by atoms with E-state index in [0.717, 1.165) is 5.56 Å². The monoisotopic (exact) mass is 294 g/mol. The Morgan fingerprint density at radius 3 is 1.91 bits per heavy atom. The van der Waals surface area contributed by atoms with Gasteiger partial charge >= 0.3 is 0 Å². The normalized spacial score (nSPS) is 12.3. The molecule has 0 radical (unpaired) electrons. The Bertz CT molecular complexity index is 684. The molecule has 0 spiro atoms. The maximum absolute atomic E-state index is 12.1. The maximum Gasteiger partial charge on any atom is 0.189 e. The van der Waals surface area contributed by atoms with Crippen molar-refractivity contribution < 1.29 is 9.90 Å². The molecule has 0 saturated carbocycles. The third-order valence-corrected chi connectivity index (χ3v) is 3.65. The number of hydrogen-bond acceptors (Lipinski definition) is 2. The van der Waals surface area contributed by atoms with E-state index in [0.29, 0.717) is 11.1 Å². The fourth-order valence-corrected chi connectivity index (χ4v) is 2.15. The Labute approximate surface area is 132 Å². The van der Waals surface area contributed by atoms with Crippen LogP contribution in [0.15, 0.2) is 54.6 Å². The molecule has 22 heavy (non-hydrogen) atoms. The number of hydrogen-bond donors (Lipinski definition) is 1. The van der Waals surface area contributed by atoms with E-state index in [2.05, 4.69) is 20.8 Å². The molecule has 0 aliphatic carbocycles. The van der Waals surface area contributed by atoms with E-state index in [1.807, 2.05) is 43.3 Å². The van der Waals surface area contributed by atoms with Crippen LogP contribution in [0.5, 0.6) is 0 Å². The Kier molecular flexibility index (Phi) is 4.51. The molecule has 0 aliphatic rings. The van der Waals surface area contributed by atoms with Crippen LogP contribution in [0.3, 0.4) is 0 Å². The van der Waals surface area contributed by atoms with Crippen LogP contribution in [0, 0.1) is 6.92 Å². The molecular formula is C20H22O2. The van der Waals surface area contributed by atoms with Crippen molar-refractivity contribution in [2.75, 3.05) is 0 Å². The lowest BCUT2D eigenvalue weighted by Gasteiger charge is -2.19. The van der Waals surface area contributed by atoms with E-state index >= 15 is 0 Å². The molecule has 0 saturated heterocycles. The highest BCUT2D eigenvalue weighted by Gasteiger charge is 2.13. The summed E-state index contributed by atoms with van der Waals surface area (Å²) >= 11 is 0. The van der Waals surface area contributed by atoms with E-state index in [1.165, 1.54) is 11.6 Å². The van der Waals surface area contributed by atoms with Crippen molar-refractivity contribution in [2.24, 2.45) is 0 Å². The van der Waals surface area contributed by atoms with Crippen molar-refractivity contribution in [3.63, 3.8) is 0 Å². The molecule has 114 valence electrons. The van der Waals surface area contributed by atoms with Gasteiger partial charge in [0.15, 0.2) is 5.78 Å². The molecule has 1 N–H and O–H groups in total. The van der Waals surface area contributed by atoms with Gasteiger partial charge in [0.2, 0.25) is 0 Å². The van der Waals surface area contributed by atoms with Crippen LogP contribution in [0.1, 0.15) is 47.8 Å². The summed E-state index contributed by atoms with van der Waals surface area (Å²) in [6.45, 7) is 8.38. The zero-order valence-electron chi connectivity index (χ0n) is 13.6. The molecule has 2 rings (SSSR count). The van der Waals surface area contributed by atoms with Gasteiger partial charge in [-0.05, 0) is 17.9 Å². The lowest BCUT2D eigenvalue weighted by molar-refractivity contribution is 0.104. The topological polar surface area (TPSA) is 37.3 Å². The van der Waals surface area contributed by atoms with Gasteiger partial charge in [0, 0.05) is 17.2 Å². The van der Waals surface area contributed by atoms with E-state index in [9.17, 15) is 9.90 Å². The number of ketones is 1. The minimum atomic E-state index is -0.197. The van der Waals surface area contributed by atoms with Gasteiger partial charge < -0.3 is 5.11 Å². The molecular weight excluding hydrogens is 272 g/mol. The van der Waals surface area contributed by atoms with Crippen LogP contribution >= 0.6 is 0 Å². The zero-order chi connectivity index (χ0) is 16.3. The second-order valence-corrected chi connectivity index (χ2v) is 6.59. The Morgan fingerprint density at radius 2 is 1.41 bits per heavy atom. The van der Waals surface area contributed by atoms with Crippen molar-refractivity contribution in [3.8, 4) is 0 Å². The highest BCUT2D eigenvalue weighted by molar-refractivity contribution is 6.07. The summed E-state index contributed by atoms with van der Waals surface area (Å²) in [6.07, 6.45) is 1.27. The Balaban J connectivity index is 2.21. The first-order chi connectivity index (χ1) is 10.3. The summed E-state index contributed by atoms with van der Waals surface area (Å²) in [7, 11) is 0. The second-order valence-electron chi connectivity index (χ2n) is 6.59. The number of rotatable bonds is 3.